The molecule has 0 atom stereocenters. The van der Waals surface area contributed by atoms with E-state index in [2.05, 4.69) is 18.8 Å². The van der Waals surface area contributed by atoms with Gasteiger partial charge in [-0.05, 0) is 37.7 Å². The minimum atomic E-state index is -1.05. The van der Waals surface area contributed by atoms with Crippen LogP contribution in [0.15, 0.2) is 12.3 Å². The summed E-state index contributed by atoms with van der Waals surface area (Å²) in [7, 11) is 0. The van der Waals surface area contributed by atoms with Gasteiger partial charge >= 0.3 is 0 Å². The first kappa shape index (κ1) is 13.3. The monoisotopic (exact) mass is 253 g/mol. The molecule has 0 spiro atoms. The average molecular weight is 253 g/mol. The minimum Gasteiger partial charge on any atom is -0.476 e. The number of hydrogen-bond donors (Lipinski definition) is 1. The van der Waals surface area contributed by atoms with Crippen molar-refractivity contribution in [2.75, 3.05) is 6.61 Å². The van der Waals surface area contributed by atoms with Crippen molar-refractivity contribution in [2.24, 2.45) is 11.8 Å². The molecule has 100 valence electrons. The number of hydrogen-bond acceptors (Lipinski definition) is 3. The lowest BCUT2D eigenvalue weighted by Gasteiger charge is -2.46. The van der Waals surface area contributed by atoms with E-state index in [1.54, 1.807) is 13.0 Å². The van der Waals surface area contributed by atoms with E-state index in [0.717, 1.165) is 0 Å². The fraction of sp³-hybridized carbons (Fsp3) is 0.643. The summed E-state index contributed by atoms with van der Waals surface area (Å²) in [5, 5.41) is 10.5. The van der Waals surface area contributed by atoms with Crippen LogP contribution in [0.1, 0.15) is 39.2 Å². The molecule has 0 unspecified atom stereocenters. The van der Waals surface area contributed by atoms with Crippen LogP contribution in [0.2, 0.25) is 0 Å². The second kappa shape index (κ2) is 4.84. The molecule has 1 fully saturated rings. The van der Waals surface area contributed by atoms with Crippen LogP contribution in [0.25, 0.3) is 0 Å². The highest BCUT2D eigenvalue weighted by atomic mass is 19.1. The normalized spacial score (nSPS) is 27.1. The molecule has 3 nitrogen and oxygen atoms in total. The first-order chi connectivity index (χ1) is 8.48. The summed E-state index contributed by atoms with van der Waals surface area (Å²) in [5.74, 6) is 0.431. The highest BCUT2D eigenvalue weighted by Gasteiger charge is 2.46. The Kier molecular flexibility index (Phi) is 3.57. The van der Waals surface area contributed by atoms with E-state index < -0.39 is 11.4 Å². The zero-order valence-corrected chi connectivity index (χ0v) is 11.1. The van der Waals surface area contributed by atoms with E-state index in [0.29, 0.717) is 36.8 Å². The zero-order valence-electron chi connectivity index (χ0n) is 11.1. The van der Waals surface area contributed by atoms with Gasteiger partial charge in [0.15, 0.2) is 5.82 Å². The van der Waals surface area contributed by atoms with Gasteiger partial charge in [-0.15, -0.1) is 0 Å². The van der Waals surface area contributed by atoms with E-state index in [1.807, 2.05) is 0 Å². The van der Waals surface area contributed by atoms with Crippen LogP contribution in [0.5, 0.6) is 5.88 Å². The van der Waals surface area contributed by atoms with Gasteiger partial charge in [0.1, 0.15) is 0 Å². The molecule has 1 aliphatic rings. The number of halogens is 1. The van der Waals surface area contributed by atoms with Gasteiger partial charge in [-0.3, -0.25) is 0 Å². The molecule has 0 bridgehead atoms. The highest BCUT2D eigenvalue weighted by molar-refractivity contribution is 5.31. The van der Waals surface area contributed by atoms with Crippen LogP contribution in [0.3, 0.4) is 0 Å². The molecule has 1 heterocycles. The van der Waals surface area contributed by atoms with Gasteiger partial charge < -0.3 is 9.84 Å². The van der Waals surface area contributed by atoms with E-state index in [9.17, 15) is 9.50 Å². The maximum Gasteiger partial charge on any atom is 0.250 e. The molecule has 0 aromatic carbocycles. The quantitative estimate of drug-likeness (QED) is 0.897. The Balaban J connectivity index is 2.22. The predicted octanol–water partition coefficient (Wildman–Crippen LogP) is 2.87. The second-order valence-corrected chi connectivity index (χ2v) is 5.35. The molecule has 2 rings (SSSR count). The van der Waals surface area contributed by atoms with Crippen molar-refractivity contribution in [2.45, 2.75) is 39.2 Å². The van der Waals surface area contributed by atoms with Crippen molar-refractivity contribution in [1.82, 2.24) is 4.98 Å². The fourth-order valence-electron chi connectivity index (χ4n) is 2.52. The van der Waals surface area contributed by atoms with Crippen LogP contribution >= 0.6 is 0 Å². The van der Waals surface area contributed by atoms with Gasteiger partial charge in [0.25, 0.3) is 5.88 Å². The lowest BCUT2D eigenvalue weighted by atomic mass is 9.63. The molecule has 0 amide bonds. The largest absolute Gasteiger partial charge is 0.476 e. The van der Waals surface area contributed by atoms with Gasteiger partial charge in [-0.1, -0.05) is 13.8 Å². The molecule has 1 saturated carbocycles. The third-order valence-corrected chi connectivity index (χ3v) is 3.78. The molecule has 0 aliphatic heterocycles. The Labute approximate surface area is 107 Å². The Morgan fingerprint density at radius 2 is 2.22 bits per heavy atom. The van der Waals surface area contributed by atoms with Gasteiger partial charge in [0, 0.05) is 11.8 Å². The van der Waals surface area contributed by atoms with E-state index >= 15 is 0 Å². The van der Waals surface area contributed by atoms with Crippen LogP contribution in [-0.2, 0) is 5.60 Å². The molecule has 1 N–H and O–H groups in total. The molecule has 1 aromatic rings. The molecule has 4 heteroatoms. The zero-order chi connectivity index (χ0) is 13.3. The molecule has 18 heavy (non-hydrogen) atoms. The standard InChI is InChI=1S/C14H20FNO2/c1-4-18-13-12(15)11(5-6-16-13)14(17)7-10(8-14)9(2)3/h5-6,9-10,17H,4,7-8H2,1-3H3. The first-order valence-corrected chi connectivity index (χ1v) is 6.48. The van der Waals surface area contributed by atoms with Crippen LogP contribution in [-0.4, -0.2) is 16.7 Å². The summed E-state index contributed by atoms with van der Waals surface area (Å²) in [4.78, 5) is 3.85. The van der Waals surface area contributed by atoms with Crippen molar-refractivity contribution in [3.05, 3.63) is 23.6 Å². The molecular weight excluding hydrogens is 233 g/mol. The minimum absolute atomic E-state index is 0.0172. The van der Waals surface area contributed by atoms with E-state index in [4.69, 9.17) is 4.74 Å². The summed E-state index contributed by atoms with van der Waals surface area (Å²) < 4.78 is 19.3. The summed E-state index contributed by atoms with van der Waals surface area (Å²) in [5.41, 5.74) is -0.730. The summed E-state index contributed by atoms with van der Waals surface area (Å²) in [6.07, 6.45) is 2.71. The topological polar surface area (TPSA) is 42.4 Å². The third-order valence-electron chi connectivity index (χ3n) is 3.78. The average Bonchev–Trinajstić information content (AvgIpc) is 2.28. The highest BCUT2D eigenvalue weighted by Crippen LogP contribution is 2.49. The van der Waals surface area contributed by atoms with Crippen molar-refractivity contribution >= 4 is 0 Å². The molecule has 1 aliphatic carbocycles. The molecule has 1 aromatic heterocycles. The number of aromatic nitrogens is 1. The lowest BCUT2D eigenvalue weighted by molar-refractivity contribution is -0.0959. The number of pyridine rings is 1. The van der Waals surface area contributed by atoms with Gasteiger partial charge in [-0.2, -0.15) is 0 Å². The van der Waals surface area contributed by atoms with Crippen molar-refractivity contribution in [3.63, 3.8) is 0 Å². The van der Waals surface area contributed by atoms with Crippen LogP contribution in [0, 0.1) is 17.7 Å². The number of ether oxygens (including phenoxy) is 1. The van der Waals surface area contributed by atoms with Crippen molar-refractivity contribution in [1.29, 1.82) is 0 Å². The number of nitrogens with zero attached hydrogens (tertiary/aromatic N) is 1. The molecule has 0 radical (unpaired) electrons. The Hall–Kier alpha value is -1.16. The lowest BCUT2D eigenvalue weighted by Crippen LogP contribution is -2.43. The van der Waals surface area contributed by atoms with Crippen LogP contribution in [0.4, 0.5) is 4.39 Å². The first-order valence-electron chi connectivity index (χ1n) is 6.48. The Bertz CT molecular complexity index is 428. The van der Waals surface area contributed by atoms with E-state index in [1.165, 1.54) is 6.20 Å². The number of aliphatic hydroxyl groups is 1. The smallest absolute Gasteiger partial charge is 0.250 e. The van der Waals surface area contributed by atoms with Crippen molar-refractivity contribution in [3.8, 4) is 5.88 Å². The Morgan fingerprint density at radius 1 is 1.56 bits per heavy atom. The maximum absolute atomic E-state index is 14.2. The SMILES string of the molecule is CCOc1nccc(C2(O)CC(C(C)C)C2)c1F. The molecule has 0 saturated heterocycles. The van der Waals surface area contributed by atoms with Crippen LogP contribution < -0.4 is 4.74 Å². The molecular formula is C14H20FNO2. The summed E-state index contributed by atoms with van der Waals surface area (Å²) >= 11 is 0. The second-order valence-electron chi connectivity index (χ2n) is 5.35. The van der Waals surface area contributed by atoms with Gasteiger partial charge in [0.2, 0.25) is 0 Å². The predicted molar refractivity (Wildman–Crippen MR) is 66.8 cm³/mol. The van der Waals surface area contributed by atoms with Gasteiger partial charge in [0.05, 0.1) is 12.2 Å². The van der Waals surface area contributed by atoms with Crippen molar-refractivity contribution < 1.29 is 14.2 Å². The summed E-state index contributed by atoms with van der Waals surface area (Å²) in [6.45, 7) is 6.39. The fourth-order valence-corrected chi connectivity index (χ4v) is 2.52. The van der Waals surface area contributed by atoms with Gasteiger partial charge in [-0.25, -0.2) is 9.37 Å². The third kappa shape index (κ3) is 2.21. The summed E-state index contributed by atoms with van der Waals surface area (Å²) in [6, 6.07) is 1.55. The number of rotatable bonds is 4. The van der Waals surface area contributed by atoms with E-state index in [-0.39, 0.29) is 5.88 Å². The maximum atomic E-state index is 14.2. The Morgan fingerprint density at radius 3 is 2.78 bits per heavy atom.